The molecule has 138 valence electrons. The molecule has 0 bridgehead atoms. The molecule has 0 saturated heterocycles. The van der Waals surface area contributed by atoms with Gasteiger partial charge in [-0.05, 0) is 61.4 Å². The van der Waals surface area contributed by atoms with E-state index in [9.17, 15) is 4.79 Å². The topological polar surface area (TPSA) is 47.6 Å². The van der Waals surface area contributed by atoms with E-state index in [1.807, 2.05) is 19.1 Å². The molecule has 0 spiro atoms. The zero-order valence-electron chi connectivity index (χ0n) is 14.6. The molecule has 26 heavy (non-hydrogen) atoms. The second kappa shape index (κ2) is 10.1. The average molecular weight is 394 g/mol. The van der Waals surface area contributed by atoms with Crippen LogP contribution < -0.4 is 14.8 Å². The van der Waals surface area contributed by atoms with Crippen LogP contribution in [0.3, 0.4) is 0 Å². The van der Waals surface area contributed by atoms with Gasteiger partial charge in [0, 0.05) is 17.1 Å². The number of hydrogen-bond acceptors (Lipinski definition) is 3. The van der Waals surface area contributed by atoms with Crippen molar-refractivity contribution < 1.29 is 14.3 Å². The number of ether oxygens (including phenoxy) is 2. The lowest BCUT2D eigenvalue weighted by atomic mass is 10.2. The maximum Gasteiger partial charge on any atom is 0.224 e. The van der Waals surface area contributed by atoms with Gasteiger partial charge in [0.1, 0.15) is 18.1 Å². The molecule has 0 unspecified atom stereocenters. The highest BCUT2D eigenvalue weighted by Gasteiger charge is 2.05. The van der Waals surface area contributed by atoms with Gasteiger partial charge < -0.3 is 14.8 Å². The van der Waals surface area contributed by atoms with E-state index < -0.39 is 0 Å². The highest BCUT2D eigenvalue weighted by atomic mass is 35.5. The number of nitrogens with one attached hydrogen (secondary N) is 1. The molecule has 1 N–H and O–H groups in total. The molecule has 0 aliphatic rings. The minimum absolute atomic E-state index is 0.0774. The molecule has 0 aliphatic carbocycles. The van der Waals surface area contributed by atoms with Crippen LogP contribution in [0.1, 0.15) is 19.8 Å². The zero-order chi connectivity index (χ0) is 18.9. The highest BCUT2D eigenvalue weighted by Crippen LogP contribution is 2.27. The summed E-state index contributed by atoms with van der Waals surface area (Å²) in [4.78, 5) is 12.0. The van der Waals surface area contributed by atoms with Crippen LogP contribution in [-0.4, -0.2) is 19.1 Å². The molecule has 2 rings (SSSR count). The van der Waals surface area contributed by atoms with Gasteiger partial charge in [-0.2, -0.15) is 0 Å². The summed E-state index contributed by atoms with van der Waals surface area (Å²) in [5, 5.41) is 3.85. The lowest BCUT2D eigenvalue weighted by Gasteiger charge is -2.09. The van der Waals surface area contributed by atoms with Crippen LogP contribution in [0.2, 0.25) is 10.0 Å². The summed E-state index contributed by atoms with van der Waals surface area (Å²) >= 11 is 11.9. The van der Waals surface area contributed by atoms with Crippen LogP contribution in [-0.2, 0) is 4.79 Å². The molecule has 4 nitrogen and oxygen atoms in total. The van der Waals surface area contributed by atoms with Crippen molar-refractivity contribution in [1.82, 2.24) is 0 Å². The first kappa shape index (κ1) is 20.1. The molecule has 0 radical (unpaired) electrons. The summed E-state index contributed by atoms with van der Waals surface area (Å²) in [5.41, 5.74) is 1.67. The van der Waals surface area contributed by atoms with E-state index in [2.05, 4.69) is 11.9 Å². The molecule has 0 aromatic heterocycles. The lowest BCUT2D eigenvalue weighted by Crippen LogP contribution is -2.12. The smallest absolute Gasteiger partial charge is 0.224 e. The fourth-order valence-corrected chi connectivity index (χ4v) is 2.53. The monoisotopic (exact) mass is 393 g/mol. The summed E-state index contributed by atoms with van der Waals surface area (Å²) in [6.07, 6.45) is 0.920. The summed E-state index contributed by atoms with van der Waals surface area (Å²) in [6.45, 7) is 6.55. The molecule has 0 atom stereocenters. The Labute approximate surface area is 163 Å². The maximum atomic E-state index is 12.0. The van der Waals surface area contributed by atoms with Crippen molar-refractivity contribution in [2.24, 2.45) is 0 Å². The molecule has 0 heterocycles. The minimum Gasteiger partial charge on any atom is -0.492 e. The summed E-state index contributed by atoms with van der Waals surface area (Å²) in [7, 11) is 0. The Bertz CT molecular complexity index is 760. The number of carbonyl (C=O) groups excluding carboxylic acids is 1. The Kier molecular flexibility index (Phi) is 7.82. The Morgan fingerprint density at radius 1 is 1.12 bits per heavy atom. The second-order valence-corrected chi connectivity index (χ2v) is 6.69. The van der Waals surface area contributed by atoms with Crippen molar-refractivity contribution in [1.29, 1.82) is 0 Å². The van der Waals surface area contributed by atoms with Crippen LogP contribution in [0.25, 0.3) is 0 Å². The minimum atomic E-state index is -0.0774. The molecular formula is C20H21Cl2NO3. The van der Waals surface area contributed by atoms with Gasteiger partial charge >= 0.3 is 0 Å². The number of amides is 1. The van der Waals surface area contributed by atoms with E-state index in [1.165, 1.54) is 0 Å². The van der Waals surface area contributed by atoms with Gasteiger partial charge in [0.05, 0.1) is 11.6 Å². The van der Waals surface area contributed by atoms with Crippen molar-refractivity contribution in [2.45, 2.75) is 19.8 Å². The number of rotatable bonds is 9. The molecule has 0 fully saturated rings. The third-order valence-electron chi connectivity index (χ3n) is 3.32. The van der Waals surface area contributed by atoms with Gasteiger partial charge in [-0.25, -0.2) is 0 Å². The van der Waals surface area contributed by atoms with Crippen molar-refractivity contribution in [2.75, 3.05) is 18.5 Å². The number of benzene rings is 2. The average Bonchev–Trinajstić information content (AvgIpc) is 2.59. The van der Waals surface area contributed by atoms with E-state index in [4.69, 9.17) is 32.7 Å². The maximum absolute atomic E-state index is 12.0. The predicted octanol–water partition coefficient (Wildman–Crippen LogP) is 5.75. The normalized spacial score (nSPS) is 10.3. The van der Waals surface area contributed by atoms with Crippen molar-refractivity contribution in [3.8, 4) is 11.5 Å². The van der Waals surface area contributed by atoms with Crippen molar-refractivity contribution >= 4 is 34.8 Å². The van der Waals surface area contributed by atoms with Crippen LogP contribution in [0, 0.1) is 0 Å². The van der Waals surface area contributed by atoms with Crippen LogP contribution in [0.5, 0.6) is 11.5 Å². The lowest BCUT2D eigenvalue weighted by molar-refractivity contribution is -0.116. The van der Waals surface area contributed by atoms with E-state index >= 15 is 0 Å². The van der Waals surface area contributed by atoms with Crippen LogP contribution >= 0.6 is 23.2 Å². The van der Waals surface area contributed by atoms with E-state index in [-0.39, 0.29) is 5.91 Å². The van der Waals surface area contributed by atoms with Gasteiger partial charge in [-0.3, -0.25) is 4.79 Å². The van der Waals surface area contributed by atoms with Gasteiger partial charge in [0.25, 0.3) is 0 Å². The Balaban J connectivity index is 1.70. The first-order valence-corrected chi connectivity index (χ1v) is 8.94. The Morgan fingerprint density at radius 2 is 1.85 bits per heavy atom. The zero-order valence-corrected chi connectivity index (χ0v) is 16.1. The van der Waals surface area contributed by atoms with E-state index in [0.717, 1.165) is 17.0 Å². The van der Waals surface area contributed by atoms with Gasteiger partial charge in [-0.15, -0.1) is 0 Å². The largest absolute Gasteiger partial charge is 0.492 e. The number of hydrogen-bond donors (Lipinski definition) is 1. The van der Waals surface area contributed by atoms with E-state index in [1.54, 1.807) is 30.3 Å². The Morgan fingerprint density at radius 3 is 2.50 bits per heavy atom. The van der Waals surface area contributed by atoms with Crippen LogP contribution in [0.15, 0.2) is 54.6 Å². The summed E-state index contributed by atoms with van der Waals surface area (Å²) < 4.78 is 11.1. The van der Waals surface area contributed by atoms with Gasteiger partial charge in [0.2, 0.25) is 5.91 Å². The standard InChI is InChI=1S/C20H21Cl2NO3/c1-14(2)13-26-17-8-6-16(7-9-17)23-20(24)4-3-11-25-19-10-5-15(21)12-18(19)22/h5-10,12H,1,3-4,11,13H2,2H3,(H,23,24). The summed E-state index contributed by atoms with van der Waals surface area (Å²) in [5.74, 6) is 1.22. The summed E-state index contributed by atoms with van der Waals surface area (Å²) in [6, 6.07) is 12.3. The van der Waals surface area contributed by atoms with Gasteiger partial charge in [-0.1, -0.05) is 29.8 Å². The number of anilines is 1. The predicted molar refractivity (Wildman–Crippen MR) is 107 cm³/mol. The number of carbonyl (C=O) groups is 1. The molecular weight excluding hydrogens is 373 g/mol. The first-order valence-electron chi connectivity index (χ1n) is 8.19. The van der Waals surface area contributed by atoms with Crippen molar-refractivity contribution in [3.05, 3.63) is 64.7 Å². The third-order valence-corrected chi connectivity index (χ3v) is 3.85. The second-order valence-electron chi connectivity index (χ2n) is 5.85. The Hall–Kier alpha value is -2.17. The van der Waals surface area contributed by atoms with E-state index in [0.29, 0.717) is 41.9 Å². The SMILES string of the molecule is C=C(C)COc1ccc(NC(=O)CCCOc2ccc(Cl)cc2Cl)cc1. The fraction of sp³-hybridized carbons (Fsp3) is 0.250. The van der Waals surface area contributed by atoms with Gasteiger partial charge in [0.15, 0.2) is 0 Å². The molecule has 0 saturated carbocycles. The molecule has 6 heteroatoms. The quantitative estimate of drug-likeness (QED) is 0.435. The third kappa shape index (κ3) is 6.98. The molecule has 0 aliphatic heterocycles. The molecule has 1 amide bonds. The molecule has 2 aromatic rings. The fourth-order valence-electron chi connectivity index (χ4n) is 2.07. The molecule has 2 aromatic carbocycles. The number of halogens is 2. The first-order chi connectivity index (χ1) is 12.4. The highest BCUT2D eigenvalue weighted by molar-refractivity contribution is 6.35. The van der Waals surface area contributed by atoms with Crippen molar-refractivity contribution in [3.63, 3.8) is 0 Å². The van der Waals surface area contributed by atoms with Crippen LogP contribution in [0.4, 0.5) is 5.69 Å².